The molecule has 31 heavy (non-hydrogen) atoms. The van der Waals surface area contributed by atoms with Gasteiger partial charge in [0.15, 0.2) is 0 Å². The first-order chi connectivity index (χ1) is 15.1. The molecule has 0 aliphatic carbocycles. The van der Waals surface area contributed by atoms with Crippen LogP contribution in [-0.4, -0.2) is 29.1 Å². The quantitative estimate of drug-likeness (QED) is 0.482. The van der Waals surface area contributed by atoms with Gasteiger partial charge in [0.2, 0.25) is 0 Å². The van der Waals surface area contributed by atoms with Crippen LogP contribution in [0.5, 0.6) is 0 Å². The minimum absolute atomic E-state index is 0.0136. The Labute approximate surface area is 179 Å². The fourth-order valence-electron chi connectivity index (χ4n) is 4.01. The maximum absolute atomic E-state index is 12.6. The molecule has 0 saturated heterocycles. The first kappa shape index (κ1) is 19.0. The number of hydrogen-bond donors (Lipinski definition) is 1. The zero-order valence-corrected chi connectivity index (χ0v) is 17.6. The molecule has 0 unspecified atom stereocenters. The van der Waals surface area contributed by atoms with Crippen LogP contribution in [0.25, 0.3) is 44.9 Å². The summed E-state index contributed by atoms with van der Waals surface area (Å²) in [4.78, 5) is 29.2. The summed E-state index contributed by atoms with van der Waals surface area (Å²) in [5.74, 6) is 0.701. The molecule has 7 nitrogen and oxygen atoms in total. The normalized spacial score (nSPS) is 11.3. The van der Waals surface area contributed by atoms with E-state index in [0.717, 1.165) is 44.7 Å². The molecule has 0 aliphatic rings. The monoisotopic (exact) mass is 410 g/mol. The summed E-state index contributed by atoms with van der Waals surface area (Å²) in [5.41, 5.74) is 7.50. The van der Waals surface area contributed by atoms with E-state index in [1.807, 2.05) is 38.2 Å². The molecule has 0 amide bonds. The van der Waals surface area contributed by atoms with Crippen LogP contribution in [0.15, 0.2) is 66.0 Å². The molecule has 0 bridgehead atoms. The van der Waals surface area contributed by atoms with Crippen LogP contribution in [0, 0.1) is 6.92 Å². The largest absolute Gasteiger partial charge is 0.337 e. The summed E-state index contributed by atoms with van der Waals surface area (Å²) in [6, 6.07) is 14.3. The Balaban J connectivity index is 1.75. The molecule has 5 rings (SSSR count). The van der Waals surface area contributed by atoms with E-state index in [0.29, 0.717) is 12.4 Å². The Morgan fingerprint density at radius 2 is 1.77 bits per heavy atom. The highest BCUT2D eigenvalue weighted by Crippen LogP contribution is 2.34. The van der Waals surface area contributed by atoms with Crippen molar-refractivity contribution in [3.8, 4) is 33.9 Å². The van der Waals surface area contributed by atoms with Crippen LogP contribution in [0.4, 0.5) is 0 Å². The average molecular weight is 410 g/mol. The van der Waals surface area contributed by atoms with Crippen molar-refractivity contribution in [1.29, 1.82) is 0 Å². The predicted molar refractivity (Wildman–Crippen MR) is 122 cm³/mol. The molecule has 0 spiro atoms. The second-order valence-corrected chi connectivity index (χ2v) is 7.59. The molecule has 2 aromatic carbocycles. The van der Waals surface area contributed by atoms with Crippen LogP contribution >= 0.6 is 0 Å². The predicted octanol–water partition coefficient (Wildman–Crippen LogP) is 4.18. The Hall–Kier alpha value is -4.00. The SMILES string of the molecule is CCn1c(=O)n(C)c2cc(-c3[nH]c(-c4cncnc4)nc3-c3cccc(C)c3)ccc21. The summed E-state index contributed by atoms with van der Waals surface area (Å²) < 4.78 is 3.47. The van der Waals surface area contributed by atoms with Gasteiger partial charge in [-0.3, -0.25) is 9.13 Å². The average Bonchev–Trinajstić information content (AvgIpc) is 3.34. The molecule has 0 atom stereocenters. The number of fused-ring (bicyclic) bond motifs is 1. The molecule has 0 aliphatic heterocycles. The number of nitrogens with zero attached hydrogens (tertiary/aromatic N) is 5. The molecule has 0 radical (unpaired) electrons. The third-order valence-corrected chi connectivity index (χ3v) is 5.58. The second-order valence-electron chi connectivity index (χ2n) is 7.59. The van der Waals surface area contributed by atoms with Crippen LogP contribution in [0.2, 0.25) is 0 Å². The number of H-pyrrole nitrogens is 1. The molecule has 3 aromatic heterocycles. The van der Waals surface area contributed by atoms with E-state index in [1.54, 1.807) is 21.5 Å². The molecule has 3 heterocycles. The fraction of sp³-hybridized carbons (Fsp3) is 0.167. The van der Waals surface area contributed by atoms with Crippen molar-refractivity contribution in [1.82, 2.24) is 29.1 Å². The maximum Gasteiger partial charge on any atom is 0.328 e. The number of nitrogens with one attached hydrogen (secondary N) is 1. The van der Waals surface area contributed by atoms with Crippen molar-refractivity contribution < 1.29 is 0 Å². The third-order valence-electron chi connectivity index (χ3n) is 5.58. The van der Waals surface area contributed by atoms with Crippen LogP contribution < -0.4 is 5.69 Å². The summed E-state index contributed by atoms with van der Waals surface area (Å²) in [7, 11) is 1.81. The van der Waals surface area contributed by atoms with Crippen molar-refractivity contribution in [3.05, 3.63) is 77.2 Å². The lowest BCUT2D eigenvalue weighted by Gasteiger charge is -2.06. The topological polar surface area (TPSA) is 81.4 Å². The molecular weight excluding hydrogens is 388 g/mol. The summed E-state index contributed by atoms with van der Waals surface area (Å²) in [5, 5.41) is 0. The Morgan fingerprint density at radius 3 is 2.52 bits per heavy atom. The van der Waals surface area contributed by atoms with Gasteiger partial charge in [0, 0.05) is 37.1 Å². The van der Waals surface area contributed by atoms with E-state index >= 15 is 0 Å². The Bertz CT molecular complexity index is 1460. The van der Waals surface area contributed by atoms with E-state index < -0.39 is 0 Å². The number of aromatic nitrogens is 6. The lowest BCUT2D eigenvalue weighted by Crippen LogP contribution is -2.21. The molecular formula is C24H22N6O. The van der Waals surface area contributed by atoms with Gasteiger partial charge in [-0.25, -0.2) is 19.7 Å². The minimum Gasteiger partial charge on any atom is -0.337 e. The molecule has 0 saturated carbocycles. The van der Waals surface area contributed by atoms with E-state index in [2.05, 4.69) is 40.1 Å². The second kappa shape index (κ2) is 7.36. The minimum atomic E-state index is -0.0136. The van der Waals surface area contributed by atoms with Crippen LogP contribution in [0.3, 0.4) is 0 Å². The number of imidazole rings is 2. The van der Waals surface area contributed by atoms with Gasteiger partial charge in [-0.05, 0) is 32.0 Å². The highest BCUT2D eigenvalue weighted by Gasteiger charge is 2.18. The van der Waals surface area contributed by atoms with Gasteiger partial charge in [0.25, 0.3) is 0 Å². The highest BCUT2D eigenvalue weighted by atomic mass is 16.1. The number of hydrogen-bond acceptors (Lipinski definition) is 4. The lowest BCUT2D eigenvalue weighted by atomic mass is 10.0. The van der Waals surface area contributed by atoms with Crippen molar-refractivity contribution in [2.75, 3.05) is 0 Å². The first-order valence-corrected chi connectivity index (χ1v) is 10.2. The van der Waals surface area contributed by atoms with Gasteiger partial charge in [0.1, 0.15) is 12.2 Å². The van der Waals surface area contributed by atoms with Crippen molar-refractivity contribution in [2.24, 2.45) is 7.05 Å². The number of aryl methyl sites for hydroxylation is 3. The van der Waals surface area contributed by atoms with Gasteiger partial charge in [-0.2, -0.15) is 0 Å². The molecule has 7 heteroatoms. The van der Waals surface area contributed by atoms with Gasteiger partial charge < -0.3 is 4.98 Å². The third kappa shape index (κ3) is 3.15. The fourth-order valence-corrected chi connectivity index (χ4v) is 4.01. The van der Waals surface area contributed by atoms with Crippen molar-refractivity contribution in [2.45, 2.75) is 20.4 Å². The van der Waals surface area contributed by atoms with Gasteiger partial charge in [-0.1, -0.05) is 29.8 Å². The maximum atomic E-state index is 12.6. The molecule has 1 N–H and O–H groups in total. The number of aromatic amines is 1. The highest BCUT2D eigenvalue weighted by molar-refractivity contribution is 5.87. The Morgan fingerprint density at radius 1 is 0.968 bits per heavy atom. The summed E-state index contributed by atoms with van der Waals surface area (Å²) in [6.45, 7) is 4.68. The molecule has 154 valence electrons. The zero-order valence-electron chi connectivity index (χ0n) is 17.6. The first-order valence-electron chi connectivity index (χ1n) is 10.2. The van der Waals surface area contributed by atoms with Crippen LogP contribution in [-0.2, 0) is 13.6 Å². The van der Waals surface area contributed by atoms with Gasteiger partial charge in [0.05, 0.1) is 28.0 Å². The van der Waals surface area contributed by atoms with E-state index in [4.69, 9.17) is 4.98 Å². The van der Waals surface area contributed by atoms with E-state index in [9.17, 15) is 4.79 Å². The Kier molecular flexibility index (Phi) is 4.51. The van der Waals surface area contributed by atoms with Crippen LogP contribution in [0.1, 0.15) is 12.5 Å². The molecule has 5 aromatic rings. The van der Waals surface area contributed by atoms with Crippen molar-refractivity contribution in [3.63, 3.8) is 0 Å². The van der Waals surface area contributed by atoms with Crippen molar-refractivity contribution >= 4 is 11.0 Å². The smallest absolute Gasteiger partial charge is 0.328 e. The van der Waals surface area contributed by atoms with Gasteiger partial charge >= 0.3 is 5.69 Å². The zero-order chi connectivity index (χ0) is 21.5. The summed E-state index contributed by atoms with van der Waals surface area (Å²) in [6.07, 6.45) is 4.98. The standard InChI is InChI=1S/C24H22N6O/c1-4-30-19-9-8-17(11-20(19)29(3)24(30)31)22-21(16-7-5-6-15(2)10-16)27-23(28-22)18-12-25-14-26-13-18/h5-14H,4H2,1-3H3,(H,27,28). The van der Waals surface area contributed by atoms with E-state index in [1.165, 1.54) is 6.33 Å². The number of rotatable bonds is 4. The summed E-state index contributed by atoms with van der Waals surface area (Å²) >= 11 is 0. The lowest BCUT2D eigenvalue weighted by molar-refractivity contribution is 0.712. The van der Waals surface area contributed by atoms with E-state index in [-0.39, 0.29) is 5.69 Å². The number of benzene rings is 2. The molecule has 0 fully saturated rings. The van der Waals surface area contributed by atoms with Gasteiger partial charge in [-0.15, -0.1) is 0 Å².